The molecule has 7 nitrogen and oxygen atoms in total. The zero-order valence-electron chi connectivity index (χ0n) is 14.9. The van der Waals surface area contributed by atoms with Gasteiger partial charge in [0, 0.05) is 4.47 Å². The molecule has 2 aromatic carbocycles. The van der Waals surface area contributed by atoms with E-state index in [0.29, 0.717) is 11.4 Å². The fourth-order valence-corrected chi connectivity index (χ4v) is 3.09. The average molecular weight is 431 g/mol. The molecule has 0 unspecified atom stereocenters. The number of nitrogens with one attached hydrogen (secondary N) is 1. The van der Waals surface area contributed by atoms with Crippen molar-refractivity contribution in [2.24, 2.45) is 0 Å². The van der Waals surface area contributed by atoms with E-state index in [4.69, 9.17) is 4.74 Å². The van der Waals surface area contributed by atoms with Crippen LogP contribution in [-0.2, 0) is 6.54 Å². The minimum absolute atomic E-state index is 0.0319. The van der Waals surface area contributed by atoms with Gasteiger partial charge in [-0.2, -0.15) is 0 Å². The number of aryl methyl sites for hydroxylation is 1. The van der Waals surface area contributed by atoms with Gasteiger partial charge in [-0.1, -0.05) is 18.2 Å². The second kappa shape index (κ2) is 8.32. The first-order chi connectivity index (χ1) is 13.0. The van der Waals surface area contributed by atoms with Crippen molar-refractivity contribution in [3.05, 3.63) is 70.2 Å². The molecule has 140 valence electrons. The molecule has 0 saturated carbocycles. The molecule has 27 heavy (non-hydrogen) atoms. The average Bonchev–Trinajstić information content (AvgIpc) is 3.12. The Morgan fingerprint density at radius 2 is 2.04 bits per heavy atom. The van der Waals surface area contributed by atoms with Crippen molar-refractivity contribution in [3.63, 3.8) is 0 Å². The molecule has 3 rings (SSSR count). The zero-order valence-corrected chi connectivity index (χ0v) is 16.5. The summed E-state index contributed by atoms with van der Waals surface area (Å²) in [5, 5.41) is 17.3. The zero-order chi connectivity index (χ0) is 19.4. The van der Waals surface area contributed by atoms with Crippen LogP contribution in [0, 0.1) is 6.92 Å². The summed E-state index contributed by atoms with van der Waals surface area (Å²) < 4.78 is 7.32. The molecule has 0 aliphatic rings. The van der Waals surface area contributed by atoms with E-state index in [2.05, 4.69) is 31.3 Å². The highest BCUT2D eigenvalue weighted by Gasteiger charge is 2.15. The van der Waals surface area contributed by atoms with Crippen molar-refractivity contribution >= 4 is 27.5 Å². The van der Waals surface area contributed by atoms with Gasteiger partial charge in [-0.05, 0) is 58.2 Å². The van der Waals surface area contributed by atoms with E-state index in [9.17, 15) is 9.90 Å². The second-order valence-electron chi connectivity index (χ2n) is 6.02. The van der Waals surface area contributed by atoms with Crippen LogP contribution in [0.15, 0.2) is 53.3 Å². The van der Waals surface area contributed by atoms with Crippen molar-refractivity contribution in [2.75, 3.05) is 12.4 Å². The second-order valence-corrected chi connectivity index (χ2v) is 6.87. The van der Waals surface area contributed by atoms with Crippen LogP contribution in [0.1, 0.15) is 27.8 Å². The Labute approximate surface area is 165 Å². The first-order valence-corrected chi connectivity index (χ1v) is 9.04. The molecule has 0 spiro atoms. The fourth-order valence-electron chi connectivity index (χ4n) is 2.50. The largest absolute Gasteiger partial charge is 0.497 e. The van der Waals surface area contributed by atoms with Crippen LogP contribution in [0.3, 0.4) is 0 Å². The molecule has 0 aliphatic heterocycles. The molecule has 0 saturated heterocycles. The van der Waals surface area contributed by atoms with Crippen molar-refractivity contribution in [1.82, 2.24) is 14.8 Å². The van der Waals surface area contributed by atoms with Gasteiger partial charge < -0.3 is 15.2 Å². The van der Waals surface area contributed by atoms with Crippen LogP contribution in [0.2, 0.25) is 0 Å². The number of anilines is 1. The Kier molecular flexibility index (Phi) is 5.88. The van der Waals surface area contributed by atoms with Gasteiger partial charge in [0.1, 0.15) is 12.1 Å². The van der Waals surface area contributed by atoms with Gasteiger partial charge in [0.05, 0.1) is 25.4 Å². The smallest absolute Gasteiger partial charge is 0.295 e. The van der Waals surface area contributed by atoms with Gasteiger partial charge >= 0.3 is 0 Å². The number of nitrogens with zero attached hydrogens (tertiary/aromatic N) is 3. The molecule has 2 N–H and O–H groups in total. The number of carbonyl (C=O) groups excluding carboxylic acids is 1. The molecule has 0 radical (unpaired) electrons. The maximum atomic E-state index is 12.3. The Morgan fingerprint density at radius 1 is 1.30 bits per heavy atom. The van der Waals surface area contributed by atoms with E-state index in [0.717, 1.165) is 15.6 Å². The van der Waals surface area contributed by atoms with E-state index >= 15 is 0 Å². The van der Waals surface area contributed by atoms with Gasteiger partial charge in [-0.25, -0.2) is 9.67 Å². The maximum absolute atomic E-state index is 12.3. The van der Waals surface area contributed by atoms with Crippen LogP contribution < -0.4 is 10.1 Å². The highest BCUT2D eigenvalue weighted by Crippen LogP contribution is 2.23. The predicted octanol–water partition coefficient (Wildman–Crippen LogP) is 3.34. The highest BCUT2D eigenvalue weighted by atomic mass is 79.9. The van der Waals surface area contributed by atoms with E-state index in [1.54, 1.807) is 31.4 Å². The van der Waals surface area contributed by atoms with Crippen molar-refractivity contribution in [2.45, 2.75) is 19.6 Å². The molecule has 0 aliphatic carbocycles. The minimum atomic E-state index is -0.778. The number of aromatic nitrogens is 3. The molecular weight excluding hydrogens is 412 g/mol. The first kappa shape index (κ1) is 19.1. The number of aliphatic hydroxyl groups is 1. The first-order valence-electron chi connectivity index (χ1n) is 8.25. The van der Waals surface area contributed by atoms with Gasteiger partial charge in [0.2, 0.25) is 5.82 Å². The van der Waals surface area contributed by atoms with Gasteiger partial charge in [0.15, 0.2) is 0 Å². The fraction of sp³-hybridized carbons (Fsp3) is 0.211. The normalized spacial score (nSPS) is 11.9. The maximum Gasteiger partial charge on any atom is 0.295 e. The molecule has 0 fully saturated rings. The third kappa shape index (κ3) is 4.72. The molecule has 1 atom stereocenters. The summed E-state index contributed by atoms with van der Waals surface area (Å²) in [6.45, 7) is 2.15. The lowest BCUT2D eigenvalue weighted by molar-refractivity contribution is 0.101. The number of hydrogen-bond donors (Lipinski definition) is 2. The number of halogens is 1. The summed E-state index contributed by atoms with van der Waals surface area (Å²) >= 11 is 3.42. The SMILES string of the molecule is COc1ccc([C@@H](O)Cn2cnc(C(=O)Nc3ccc(C)cc3Br)n2)cc1. The Morgan fingerprint density at radius 3 is 2.70 bits per heavy atom. The number of aliphatic hydroxyl groups excluding tert-OH is 1. The molecule has 8 heteroatoms. The summed E-state index contributed by atoms with van der Waals surface area (Å²) in [7, 11) is 1.59. The number of methoxy groups -OCH3 is 1. The topological polar surface area (TPSA) is 89.3 Å². The van der Waals surface area contributed by atoms with Crippen molar-refractivity contribution in [1.29, 1.82) is 0 Å². The van der Waals surface area contributed by atoms with E-state index in [1.807, 2.05) is 25.1 Å². The van der Waals surface area contributed by atoms with Crippen LogP contribution in [-0.4, -0.2) is 32.9 Å². The van der Waals surface area contributed by atoms with Crippen molar-refractivity contribution < 1.29 is 14.6 Å². The number of amides is 1. The Bertz CT molecular complexity index is 940. The van der Waals surface area contributed by atoms with Crippen LogP contribution in [0.25, 0.3) is 0 Å². The van der Waals surface area contributed by atoms with Gasteiger partial charge in [-0.3, -0.25) is 4.79 Å². The number of ether oxygens (including phenoxy) is 1. The highest BCUT2D eigenvalue weighted by molar-refractivity contribution is 9.10. The molecule has 1 aromatic heterocycles. The van der Waals surface area contributed by atoms with E-state index in [1.165, 1.54) is 11.0 Å². The molecular formula is C19H19BrN4O3. The molecule has 0 bridgehead atoms. The summed E-state index contributed by atoms with van der Waals surface area (Å²) in [6.07, 6.45) is 0.644. The summed E-state index contributed by atoms with van der Waals surface area (Å²) in [4.78, 5) is 16.4. The summed E-state index contributed by atoms with van der Waals surface area (Å²) in [5.74, 6) is 0.328. The van der Waals surface area contributed by atoms with E-state index in [-0.39, 0.29) is 12.4 Å². The Hall–Kier alpha value is -2.71. The molecule has 1 heterocycles. The molecule has 1 amide bonds. The molecule has 3 aromatic rings. The predicted molar refractivity (Wildman–Crippen MR) is 105 cm³/mol. The number of rotatable bonds is 6. The lowest BCUT2D eigenvalue weighted by atomic mass is 10.1. The quantitative estimate of drug-likeness (QED) is 0.625. The summed E-state index contributed by atoms with van der Waals surface area (Å²) in [5.41, 5.74) is 2.44. The number of benzene rings is 2. The van der Waals surface area contributed by atoms with Gasteiger partial charge in [0.25, 0.3) is 5.91 Å². The third-order valence-electron chi connectivity index (χ3n) is 3.97. The number of hydrogen-bond acceptors (Lipinski definition) is 5. The third-order valence-corrected chi connectivity index (χ3v) is 4.63. The standard InChI is InChI=1S/C19H19BrN4O3/c1-12-3-8-16(15(20)9-12)22-19(26)18-21-11-24(23-18)10-17(25)13-4-6-14(27-2)7-5-13/h3-9,11,17,25H,10H2,1-2H3,(H,22,26)/t17-/m0/s1. The van der Waals surface area contributed by atoms with Crippen LogP contribution in [0.4, 0.5) is 5.69 Å². The van der Waals surface area contributed by atoms with E-state index < -0.39 is 12.0 Å². The van der Waals surface area contributed by atoms with Gasteiger partial charge in [-0.15, -0.1) is 5.10 Å². The summed E-state index contributed by atoms with van der Waals surface area (Å²) in [6, 6.07) is 12.7. The van der Waals surface area contributed by atoms with Crippen LogP contribution in [0.5, 0.6) is 5.75 Å². The lowest BCUT2D eigenvalue weighted by Crippen LogP contribution is -2.15. The monoisotopic (exact) mass is 430 g/mol. The number of carbonyl (C=O) groups is 1. The van der Waals surface area contributed by atoms with Crippen LogP contribution >= 0.6 is 15.9 Å². The lowest BCUT2D eigenvalue weighted by Gasteiger charge is -2.11. The minimum Gasteiger partial charge on any atom is -0.497 e. The Balaban J connectivity index is 1.65. The van der Waals surface area contributed by atoms with Crippen molar-refractivity contribution in [3.8, 4) is 5.75 Å².